The van der Waals surface area contributed by atoms with E-state index in [1.54, 1.807) is 0 Å². The number of halogens is 14. The SMILES string of the molecule is Brc1ccc(-c2c(Br)c(Br)c(Br)c(Br)c2Oc2c(Br)c(Br)c(Br)c(Br)c2-c2ccc(Br)c(Br)c2Br)c(Br)c1Br. The molecule has 0 aromatic heterocycles. The molecule has 15 heteroatoms. The highest BCUT2D eigenvalue weighted by Crippen LogP contribution is 2.58. The number of hydrogen-bond acceptors (Lipinski definition) is 1. The zero-order chi connectivity index (χ0) is 29.1. The highest BCUT2D eigenvalue weighted by atomic mass is 79.9. The monoisotopic (exact) mass is 1410 g/mol. The summed E-state index contributed by atoms with van der Waals surface area (Å²) >= 11 is 52.1. The van der Waals surface area contributed by atoms with Gasteiger partial charge in [-0.1, -0.05) is 12.1 Å². The van der Waals surface area contributed by atoms with Crippen LogP contribution >= 0.6 is 223 Å². The van der Waals surface area contributed by atoms with Crippen molar-refractivity contribution in [2.75, 3.05) is 0 Å². The topological polar surface area (TPSA) is 9.23 Å². The molecule has 204 valence electrons. The summed E-state index contributed by atoms with van der Waals surface area (Å²) in [5.41, 5.74) is 3.45. The van der Waals surface area contributed by atoms with Gasteiger partial charge >= 0.3 is 0 Å². The van der Waals surface area contributed by atoms with Crippen LogP contribution in [0.25, 0.3) is 22.3 Å². The molecule has 0 saturated heterocycles. The molecule has 1 nitrogen and oxygen atoms in total. The first-order chi connectivity index (χ1) is 18.2. The fourth-order valence-electron chi connectivity index (χ4n) is 3.44. The minimum absolute atomic E-state index is 0.585. The molecule has 0 amide bonds. The van der Waals surface area contributed by atoms with Crippen molar-refractivity contribution in [1.29, 1.82) is 0 Å². The summed E-state index contributed by atoms with van der Waals surface area (Å²) in [6, 6.07) is 8.00. The van der Waals surface area contributed by atoms with Gasteiger partial charge in [-0.3, -0.25) is 0 Å². The maximum absolute atomic E-state index is 6.94. The molecule has 0 unspecified atom stereocenters. The minimum Gasteiger partial charge on any atom is -0.454 e. The van der Waals surface area contributed by atoms with Gasteiger partial charge in [0, 0.05) is 67.0 Å². The summed E-state index contributed by atoms with van der Waals surface area (Å²) < 4.78 is 18.6. The van der Waals surface area contributed by atoms with Crippen molar-refractivity contribution < 1.29 is 4.74 Å². The Morgan fingerprint density at radius 3 is 0.949 bits per heavy atom. The van der Waals surface area contributed by atoms with Crippen molar-refractivity contribution in [3.63, 3.8) is 0 Å². The van der Waals surface area contributed by atoms with Crippen molar-refractivity contribution in [2.24, 2.45) is 0 Å². The molecule has 4 aromatic carbocycles. The van der Waals surface area contributed by atoms with E-state index in [4.69, 9.17) is 4.74 Å². The summed E-state index contributed by atoms with van der Waals surface area (Å²) in [7, 11) is 0. The fraction of sp³-hybridized carbons (Fsp3) is 0. The van der Waals surface area contributed by atoms with Gasteiger partial charge in [-0.15, -0.1) is 0 Å². The maximum Gasteiger partial charge on any atom is 0.151 e. The fourth-order valence-corrected chi connectivity index (χ4v) is 11.2. The first-order valence-corrected chi connectivity index (χ1v) is 21.0. The third-order valence-corrected chi connectivity index (χ3v) is 21.5. The molecule has 39 heavy (non-hydrogen) atoms. The Balaban J connectivity index is 2.13. The van der Waals surface area contributed by atoms with Gasteiger partial charge in [0.1, 0.15) is 0 Å². The van der Waals surface area contributed by atoms with Crippen LogP contribution < -0.4 is 4.74 Å². The first kappa shape index (κ1) is 35.3. The lowest BCUT2D eigenvalue weighted by molar-refractivity contribution is 0.478. The van der Waals surface area contributed by atoms with Gasteiger partial charge in [-0.25, -0.2) is 0 Å². The molecule has 0 saturated carbocycles. The normalized spacial score (nSPS) is 11.3. The predicted molar refractivity (Wildman–Crippen MR) is 212 cm³/mol. The molecule has 4 aromatic rings. The average Bonchev–Trinajstić information content (AvgIpc) is 2.91. The second kappa shape index (κ2) is 14.4. The lowest BCUT2D eigenvalue weighted by Gasteiger charge is -2.23. The van der Waals surface area contributed by atoms with Gasteiger partial charge < -0.3 is 4.74 Å². The van der Waals surface area contributed by atoms with E-state index in [0.29, 0.717) is 11.5 Å². The Labute approximate surface area is 342 Å². The van der Waals surface area contributed by atoms with E-state index in [-0.39, 0.29) is 0 Å². The quantitative estimate of drug-likeness (QED) is 0.146. The van der Waals surface area contributed by atoms with E-state index in [2.05, 4.69) is 223 Å². The molecule has 0 atom stereocenters. The van der Waals surface area contributed by atoms with E-state index in [1.165, 1.54) is 0 Å². The van der Waals surface area contributed by atoms with Crippen LogP contribution in [0.4, 0.5) is 0 Å². The van der Waals surface area contributed by atoms with E-state index < -0.39 is 0 Å². The van der Waals surface area contributed by atoms with Crippen molar-refractivity contribution in [3.05, 3.63) is 86.9 Å². The molecular weight excluding hydrogens is 1420 g/mol. The van der Waals surface area contributed by atoms with Gasteiger partial charge in [0.25, 0.3) is 0 Å². The van der Waals surface area contributed by atoms with Crippen LogP contribution in [0.2, 0.25) is 0 Å². The third kappa shape index (κ3) is 6.77. The number of hydrogen-bond donors (Lipinski definition) is 0. The third-order valence-electron chi connectivity index (χ3n) is 5.26. The largest absolute Gasteiger partial charge is 0.454 e. The van der Waals surface area contributed by atoms with Crippen LogP contribution in [0, 0.1) is 0 Å². The molecule has 0 spiro atoms. The number of ether oxygens (including phenoxy) is 1. The standard InChI is InChI=1S/C24H4Br14O/c25-7-3-1-5(11(27)13(7)29)9-15(31)17(33)19(35)21(37)23(9)39-24-10(16(32)18(34)20(36)22(24)38)6-2-4-8(26)14(30)12(6)28/h1-4H. The second-order valence-corrected chi connectivity index (χ2v) is 18.7. The smallest absolute Gasteiger partial charge is 0.151 e. The average molecular weight is 1430 g/mol. The molecular formula is C24H4Br14O. The van der Waals surface area contributed by atoms with Crippen LogP contribution in [0.15, 0.2) is 86.9 Å². The highest BCUT2D eigenvalue weighted by molar-refractivity contribution is 9.16. The van der Waals surface area contributed by atoms with Crippen LogP contribution in [0.3, 0.4) is 0 Å². The van der Waals surface area contributed by atoms with E-state index in [1.807, 2.05) is 24.3 Å². The summed E-state index contributed by atoms with van der Waals surface area (Å²) in [5, 5.41) is 0. The Morgan fingerprint density at radius 2 is 0.615 bits per heavy atom. The Kier molecular flexibility index (Phi) is 13.1. The van der Waals surface area contributed by atoms with Crippen molar-refractivity contribution in [1.82, 2.24) is 0 Å². The number of rotatable bonds is 4. The number of benzene rings is 4. The summed E-state index contributed by atoms with van der Waals surface area (Å²) in [6.07, 6.45) is 0. The van der Waals surface area contributed by atoms with Crippen LogP contribution in [0.1, 0.15) is 0 Å². The van der Waals surface area contributed by atoms with Crippen molar-refractivity contribution in [3.8, 4) is 33.8 Å². The Hall–Kier alpha value is 3.40. The van der Waals surface area contributed by atoms with Crippen molar-refractivity contribution in [2.45, 2.75) is 0 Å². The molecule has 0 radical (unpaired) electrons. The van der Waals surface area contributed by atoms with E-state index >= 15 is 0 Å². The van der Waals surface area contributed by atoms with Gasteiger partial charge in [0.05, 0.1) is 17.9 Å². The molecule has 0 aliphatic heterocycles. The highest BCUT2D eigenvalue weighted by Gasteiger charge is 2.29. The predicted octanol–water partition coefficient (Wildman–Crippen LogP) is 17.5. The van der Waals surface area contributed by atoms with Gasteiger partial charge in [-0.05, 0) is 235 Å². The minimum atomic E-state index is 0.585. The zero-order valence-corrected chi connectivity index (χ0v) is 40.2. The molecule has 0 bridgehead atoms. The summed E-state index contributed by atoms with van der Waals surface area (Å²) in [4.78, 5) is 0. The molecule has 0 heterocycles. The lowest BCUT2D eigenvalue weighted by atomic mass is 10.0. The van der Waals surface area contributed by atoms with Crippen molar-refractivity contribution >= 4 is 223 Å². The van der Waals surface area contributed by atoms with Crippen LogP contribution in [0.5, 0.6) is 11.5 Å². The molecule has 0 aliphatic carbocycles. The first-order valence-electron chi connectivity index (χ1n) is 9.88. The zero-order valence-electron chi connectivity index (χ0n) is 18.0. The summed E-state index contributed by atoms with van der Waals surface area (Å²) in [6.45, 7) is 0. The Morgan fingerprint density at radius 1 is 0.308 bits per heavy atom. The van der Waals surface area contributed by atoms with Gasteiger partial charge in [-0.2, -0.15) is 0 Å². The molecule has 0 aliphatic rings. The van der Waals surface area contributed by atoms with Crippen LogP contribution in [-0.4, -0.2) is 0 Å². The van der Waals surface area contributed by atoms with Crippen LogP contribution in [-0.2, 0) is 0 Å². The van der Waals surface area contributed by atoms with E-state index in [9.17, 15) is 0 Å². The maximum atomic E-state index is 6.94. The van der Waals surface area contributed by atoms with Gasteiger partial charge in [0.15, 0.2) is 11.5 Å². The van der Waals surface area contributed by atoms with E-state index in [0.717, 1.165) is 84.9 Å². The Bertz CT molecular complexity index is 1560. The summed E-state index contributed by atoms with van der Waals surface area (Å²) in [5.74, 6) is 1.17. The lowest BCUT2D eigenvalue weighted by Crippen LogP contribution is -1.99. The molecule has 0 fully saturated rings. The second-order valence-electron chi connectivity index (χ2n) is 7.47. The van der Waals surface area contributed by atoms with Gasteiger partial charge in [0.2, 0.25) is 0 Å². The molecule has 0 N–H and O–H groups in total. The molecule has 4 rings (SSSR count).